The molecule has 3 rings (SSSR count). The maximum Gasteiger partial charge on any atom is 0.335 e. The van der Waals surface area contributed by atoms with E-state index in [2.05, 4.69) is 22.8 Å². The second-order valence-corrected chi connectivity index (χ2v) is 6.88. The molecule has 0 amide bonds. The van der Waals surface area contributed by atoms with Gasteiger partial charge >= 0.3 is 11.9 Å². The lowest BCUT2D eigenvalue weighted by atomic mass is 9.92. The topological polar surface area (TPSA) is 124 Å². The van der Waals surface area contributed by atoms with Crippen LogP contribution in [0.4, 0.5) is 11.4 Å². The summed E-state index contributed by atoms with van der Waals surface area (Å²) in [7, 11) is 2.59. The van der Waals surface area contributed by atoms with Gasteiger partial charge in [-0.1, -0.05) is 0 Å². The third-order valence-electron chi connectivity index (χ3n) is 4.92. The van der Waals surface area contributed by atoms with E-state index in [1.807, 2.05) is 0 Å². The highest BCUT2D eigenvalue weighted by molar-refractivity contribution is 5.96. The van der Waals surface area contributed by atoms with Gasteiger partial charge in [0.25, 0.3) is 0 Å². The third kappa shape index (κ3) is 4.94. The monoisotopic (exact) mass is 428 g/mol. The van der Waals surface area contributed by atoms with Crippen LogP contribution in [0, 0.1) is 22.7 Å². The van der Waals surface area contributed by atoms with Gasteiger partial charge in [-0.25, -0.2) is 9.59 Å². The Kier molecular flexibility index (Phi) is 6.89. The van der Waals surface area contributed by atoms with Gasteiger partial charge in [0.2, 0.25) is 0 Å². The van der Waals surface area contributed by atoms with Gasteiger partial charge in [-0.2, -0.15) is 10.5 Å². The molecule has 8 nitrogen and oxygen atoms in total. The number of esters is 2. The molecule has 2 N–H and O–H groups in total. The summed E-state index contributed by atoms with van der Waals surface area (Å²) < 4.78 is 9.93. The Bertz CT molecular complexity index is 1080. The maximum absolute atomic E-state index is 12.5. The van der Waals surface area contributed by atoms with E-state index in [4.69, 9.17) is 20.0 Å². The fourth-order valence-electron chi connectivity index (χ4n) is 3.26. The summed E-state index contributed by atoms with van der Waals surface area (Å²) >= 11 is 0. The zero-order chi connectivity index (χ0) is 23.1. The summed E-state index contributed by atoms with van der Waals surface area (Å²) in [6.45, 7) is 0. The number of carbonyl (C=O) groups is 2. The van der Waals surface area contributed by atoms with Crippen molar-refractivity contribution in [3.63, 3.8) is 0 Å². The SMILES string of the molecule is COC(=O)C1=C(Nc2ccc(C#N)cc2)CC(C(=O)OC)=C(Nc2ccc(C#N)cc2)C1. The van der Waals surface area contributed by atoms with Crippen LogP contribution in [-0.4, -0.2) is 26.2 Å². The Hall–Kier alpha value is -4.56. The number of benzene rings is 2. The van der Waals surface area contributed by atoms with Crippen molar-refractivity contribution in [1.29, 1.82) is 10.5 Å². The molecule has 8 heteroatoms. The van der Waals surface area contributed by atoms with Crippen LogP contribution in [0.1, 0.15) is 24.0 Å². The first-order chi connectivity index (χ1) is 15.5. The van der Waals surface area contributed by atoms with Crippen molar-refractivity contribution in [3.05, 3.63) is 82.2 Å². The average Bonchev–Trinajstić information content (AvgIpc) is 2.84. The highest BCUT2D eigenvalue weighted by Gasteiger charge is 2.29. The minimum Gasteiger partial charge on any atom is -0.466 e. The van der Waals surface area contributed by atoms with Crippen LogP contribution in [-0.2, 0) is 19.1 Å². The van der Waals surface area contributed by atoms with Crippen LogP contribution >= 0.6 is 0 Å². The van der Waals surface area contributed by atoms with Gasteiger partial charge in [-0.3, -0.25) is 0 Å². The molecule has 0 unspecified atom stereocenters. The molecular formula is C24H20N4O4. The number of methoxy groups -OCH3 is 2. The van der Waals surface area contributed by atoms with Gasteiger partial charge < -0.3 is 20.1 Å². The van der Waals surface area contributed by atoms with Gasteiger partial charge in [-0.15, -0.1) is 0 Å². The Morgan fingerprint density at radius 1 is 0.719 bits per heavy atom. The molecule has 0 saturated carbocycles. The van der Waals surface area contributed by atoms with E-state index in [-0.39, 0.29) is 12.8 Å². The number of ether oxygens (including phenoxy) is 2. The number of hydrogen-bond acceptors (Lipinski definition) is 8. The summed E-state index contributed by atoms with van der Waals surface area (Å²) in [5.74, 6) is -1.05. The average molecular weight is 428 g/mol. The molecule has 32 heavy (non-hydrogen) atoms. The highest BCUT2D eigenvalue weighted by Crippen LogP contribution is 2.33. The molecule has 0 fully saturated rings. The molecule has 0 heterocycles. The summed E-state index contributed by atoms with van der Waals surface area (Å²) in [5.41, 5.74) is 4.07. The number of hydrogen-bond donors (Lipinski definition) is 2. The van der Waals surface area contributed by atoms with Crippen molar-refractivity contribution in [2.45, 2.75) is 12.8 Å². The van der Waals surface area contributed by atoms with E-state index in [1.165, 1.54) is 14.2 Å². The molecule has 0 radical (unpaired) electrons. The Labute approximate surface area is 185 Å². The van der Waals surface area contributed by atoms with E-state index in [0.29, 0.717) is 45.0 Å². The molecule has 0 atom stereocenters. The van der Waals surface area contributed by atoms with Gasteiger partial charge in [-0.05, 0) is 48.5 Å². The van der Waals surface area contributed by atoms with Crippen LogP contribution in [0.2, 0.25) is 0 Å². The highest BCUT2D eigenvalue weighted by atomic mass is 16.5. The number of carbonyl (C=O) groups excluding carboxylic acids is 2. The van der Waals surface area contributed by atoms with Crippen molar-refractivity contribution in [2.24, 2.45) is 0 Å². The molecule has 1 aliphatic rings. The predicted octanol–water partition coefficient (Wildman–Crippen LogP) is 3.60. The first-order valence-electron chi connectivity index (χ1n) is 9.64. The summed E-state index contributed by atoms with van der Waals surface area (Å²) in [6, 6.07) is 17.6. The molecule has 0 aliphatic heterocycles. The Morgan fingerprint density at radius 2 is 1.06 bits per heavy atom. The fraction of sp³-hybridized carbons (Fsp3) is 0.167. The van der Waals surface area contributed by atoms with E-state index >= 15 is 0 Å². The Balaban J connectivity index is 1.96. The first-order valence-corrected chi connectivity index (χ1v) is 9.64. The summed E-state index contributed by atoms with van der Waals surface area (Å²) in [6.07, 6.45) is 0.214. The minimum atomic E-state index is -0.524. The molecule has 0 bridgehead atoms. The molecule has 0 spiro atoms. The molecule has 2 aromatic carbocycles. The van der Waals surface area contributed by atoms with Gasteiger partial charge in [0.05, 0.1) is 48.6 Å². The second kappa shape index (κ2) is 9.96. The number of rotatable bonds is 6. The standard InChI is InChI=1S/C24H20N4O4/c1-31-23(29)19-11-22(28-18-9-5-16(14-26)6-10-18)20(24(30)32-2)12-21(19)27-17-7-3-15(13-25)4-8-17/h3-10,27-28H,11-12H2,1-2H3. The third-order valence-corrected chi connectivity index (χ3v) is 4.92. The smallest absolute Gasteiger partial charge is 0.335 e. The maximum atomic E-state index is 12.5. The minimum absolute atomic E-state index is 0.107. The first kappa shape index (κ1) is 22.1. The van der Waals surface area contributed by atoms with Gasteiger partial charge in [0.1, 0.15) is 0 Å². The van der Waals surface area contributed by atoms with Crippen molar-refractivity contribution in [2.75, 3.05) is 24.9 Å². The van der Waals surface area contributed by atoms with Crippen LogP contribution in [0.15, 0.2) is 71.1 Å². The lowest BCUT2D eigenvalue weighted by molar-refractivity contribution is -0.137. The fourth-order valence-corrected chi connectivity index (χ4v) is 3.26. The number of nitrogens with zero attached hydrogens (tertiary/aromatic N) is 2. The predicted molar refractivity (Wildman–Crippen MR) is 117 cm³/mol. The molecule has 0 aromatic heterocycles. The largest absolute Gasteiger partial charge is 0.466 e. The Morgan fingerprint density at radius 3 is 1.34 bits per heavy atom. The van der Waals surface area contributed by atoms with E-state index in [1.54, 1.807) is 48.5 Å². The lowest BCUT2D eigenvalue weighted by Crippen LogP contribution is -2.24. The van der Waals surface area contributed by atoms with Gasteiger partial charge in [0, 0.05) is 35.6 Å². The molecule has 1 aliphatic carbocycles. The van der Waals surface area contributed by atoms with Crippen molar-refractivity contribution in [3.8, 4) is 12.1 Å². The zero-order valence-corrected chi connectivity index (χ0v) is 17.6. The molecule has 160 valence electrons. The zero-order valence-electron chi connectivity index (χ0n) is 17.6. The second-order valence-electron chi connectivity index (χ2n) is 6.88. The van der Waals surface area contributed by atoms with Crippen molar-refractivity contribution in [1.82, 2.24) is 0 Å². The lowest BCUT2D eigenvalue weighted by Gasteiger charge is -2.25. The quantitative estimate of drug-likeness (QED) is 0.669. The van der Waals surface area contributed by atoms with Crippen LogP contribution in [0.25, 0.3) is 0 Å². The van der Waals surface area contributed by atoms with E-state index in [9.17, 15) is 9.59 Å². The number of allylic oxidation sites excluding steroid dienone is 2. The van der Waals surface area contributed by atoms with Crippen molar-refractivity contribution >= 4 is 23.3 Å². The van der Waals surface area contributed by atoms with E-state index < -0.39 is 11.9 Å². The van der Waals surface area contributed by atoms with Crippen LogP contribution < -0.4 is 10.6 Å². The van der Waals surface area contributed by atoms with E-state index in [0.717, 1.165) is 0 Å². The number of anilines is 2. The normalized spacial score (nSPS) is 13.0. The summed E-state index contributed by atoms with van der Waals surface area (Å²) in [4.78, 5) is 25.1. The summed E-state index contributed by atoms with van der Waals surface area (Å²) in [5, 5.41) is 24.3. The molecule has 2 aromatic rings. The van der Waals surface area contributed by atoms with Gasteiger partial charge in [0.15, 0.2) is 0 Å². The van der Waals surface area contributed by atoms with Crippen LogP contribution in [0.5, 0.6) is 0 Å². The van der Waals surface area contributed by atoms with Crippen molar-refractivity contribution < 1.29 is 19.1 Å². The van der Waals surface area contributed by atoms with Crippen LogP contribution in [0.3, 0.4) is 0 Å². The molecular weight excluding hydrogens is 408 g/mol. The number of nitrogens with one attached hydrogen (secondary N) is 2. The molecule has 0 saturated heterocycles. The number of nitriles is 2.